The number of benzene rings is 1. The van der Waals surface area contributed by atoms with E-state index in [4.69, 9.17) is 0 Å². The van der Waals surface area contributed by atoms with E-state index in [-0.39, 0.29) is 0 Å². The van der Waals surface area contributed by atoms with Crippen LogP contribution in [0.4, 0.5) is 11.4 Å². The molecule has 4 atom stereocenters. The van der Waals surface area contributed by atoms with E-state index in [1.54, 1.807) is 11.1 Å². The highest BCUT2D eigenvalue weighted by Crippen LogP contribution is 2.54. The fraction of sp³-hybridized carbons (Fsp3) is 0.700. The van der Waals surface area contributed by atoms with Crippen LogP contribution in [0.1, 0.15) is 78.4 Å². The van der Waals surface area contributed by atoms with Gasteiger partial charge in [0.15, 0.2) is 0 Å². The van der Waals surface area contributed by atoms with Crippen LogP contribution < -0.4 is 9.80 Å². The van der Waals surface area contributed by atoms with Crippen LogP contribution in [0.2, 0.25) is 0 Å². The SMILES string of the molecule is CC(C)N1c2c(ccc3c2N(C(C)C)[C@@H](C)[C@H]3C)[C@@H](C)[C@H]1C. The first kappa shape index (κ1) is 15.7. The van der Waals surface area contributed by atoms with Crippen LogP contribution in [0, 0.1) is 0 Å². The van der Waals surface area contributed by atoms with E-state index in [0.29, 0.717) is 36.0 Å². The Hall–Kier alpha value is -1.18. The van der Waals surface area contributed by atoms with Gasteiger partial charge in [-0.1, -0.05) is 26.0 Å². The minimum Gasteiger partial charge on any atom is -0.364 e. The van der Waals surface area contributed by atoms with Gasteiger partial charge in [-0.15, -0.1) is 0 Å². The van der Waals surface area contributed by atoms with Crippen molar-refractivity contribution < 1.29 is 0 Å². The summed E-state index contributed by atoms with van der Waals surface area (Å²) in [6.45, 7) is 18.9. The van der Waals surface area contributed by atoms with Crippen molar-refractivity contribution in [3.63, 3.8) is 0 Å². The van der Waals surface area contributed by atoms with Gasteiger partial charge in [0.05, 0.1) is 11.4 Å². The monoisotopic (exact) mass is 300 g/mol. The lowest BCUT2D eigenvalue weighted by Gasteiger charge is -2.36. The van der Waals surface area contributed by atoms with E-state index < -0.39 is 0 Å². The summed E-state index contributed by atoms with van der Waals surface area (Å²) < 4.78 is 0. The maximum atomic E-state index is 2.67. The molecule has 1 aromatic carbocycles. The predicted octanol–water partition coefficient (Wildman–Crippen LogP) is 5.13. The average molecular weight is 300 g/mol. The highest BCUT2D eigenvalue weighted by Gasteiger charge is 2.43. The largest absolute Gasteiger partial charge is 0.364 e. The first-order valence-corrected chi connectivity index (χ1v) is 9.00. The Balaban J connectivity index is 2.26. The molecule has 3 rings (SSSR count). The van der Waals surface area contributed by atoms with Gasteiger partial charge in [0.1, 0.15) is 0 Å². The molecule has 0 radical (unpaired) electrons. The van der Waals surface area contributed by atoms with E-state index in [2.05, 4.69) is 77.3 Å². The van der Waals surface area contributed by atoms with Crippen LogP contribution >= 0.6 is 0 Å². The molecule has 122 valence electrons. The third-order valence-electron chi connectivity index (χ3n) is 6.15. The summed E-state index contributed by atoms with van der Waals surface area (Å²) in [5, 5.41) is 0. The highest BCUT2D eigenvalue weighted by molar-refractivity contribution is 5.85. The number of rotatable bonds is 2. The van der Waals surface area contributed by atoms with Crippen molar-refractivity contribution in [1.29, 1.82) is 0 Å². The lowest BCUT2D eigenvalue weighted by atomic mass is 9.93. The molecular formula is C20H32N2. The molecule has 0 unspecified atom stereocenters. The molecule has 2 aliphatic rings. The molecule has 2 nitrogen and oxygen atoms in total. The summed E-state index contributed by atoms with van der Waals surface area (Å²) in [7, 11) is 0. The molecule has 22 heavy (non-hydrogen) atoms. The normalized spacial score (nSPS) is 30.5. The van der Waals surface area contributed by atoms with Gasteiger partial charge in [0.25, 0.3) is 0 Å². The summed E-state index contributed by atoms with van der Waals surface area (Å²) in [5.41, 5.74) is 6.15. The zero-order valence-corrected chi connectivity index (χ0v) is 15.5. The second-order valence-corrected chi connectivity index (χ2v) is 8.00. The molecule has 0 aliphatic carbocycles. The Morgan fingerprint density at radius 2 is 1.00 bits per heavy atom. The lowest BCUT2D eigenvalue weighted by Crippen LogP contribution is -2.40. The van der Waals surface area contributed by atoms with Crippen molar-refractivity contribution in [3.8, 4) is 0 Å². The van der Waals surface area contributed by atoms with Gasteiger partial charge in [0, 0.05) is 36.0 Å². The molecule has 2 heteroatoms. The van der Waals surface area contributed by atoms with Gasteiger partial charge >= 0.3 is 0 Å². The molecular weight excluding hydrogens is 268 g/mol. The van der Waals surface area contributed by atoms with Crippen molar-refractivity contribution in [2.45, 2.75) is 91.4 Å². The Labute approximate surface area is 136 Å². The Bertz CT molecular complexity index is 524. The van der Waals surface area contributed by atoms with Crippen LogP contribution in [0.5, 0.6) is 0 Å². The van der Waals surface area contributed by atoms with Crippen LogP contribution in [-0.2, 0) is 0 Å². The molecule has 0 fully saturated rings. The number of hydrogen-bond donors (Lipinski definition) is 0. The minimum atomic E-state index is 0.547. The van der Waals surface area contributed by atoms with Gasteiger partial charge in [-0.05, 0) is 52.7 Å². The zero-order valence-electron chi connectivity index (χ0n) is 15.5. The smallest absolute Gasteiger partial charge is 0.0648 e. The van der Waals surface area contributed by atoms with Gasteiger partial charge in [-0.2, -0.15) is 0 Å². The Morgan fingerprint density at radius 1 is 0.682 bits per heavy atom. The summed E-state index contributed by atoms with van der Waals surface area (Å²) >= 11 is 0. The fourth-order valence-electron chi connectivity index (χ4n) is 4.75. The molecule has 0 N–H and O–H groups in total. The fourth-order valence-corrected chi connectivity index (χ4v) is 4.75. The van der Waals surface area contributed by atoms with Crippen LogP contribution in [0.15, 0.2) is 12.1 Å². The van der Waals surface area contributed by atoms with E-state index in [0.717, 1.165) is 0 Å². The average Bonchev–Trinajstić information content (AvgIpc) is 2.84. The molecule has 0 spiro atoms. The first-order valence-electron chi connectivity index (χ1n) is 9.00. The molecule has 0 amide bonds. The molecule has 0 bridgehead atoms. The van der Waals surface area contributed by atoms with E-state index in [9.17, 15) is 0 Å². The molecule has 0 saturated heterocycles. The highest BCUT2D eigenvalue weighted by atomic mass is 15.3. The lowest BCUT2D eigenvalue weighted by molar-refractivity contribution is 0.541. The predicted molar refractivity (Wildman–Crippen MR) is 97.4 cm³/mol. The number of anilines is 2. The van der Waals surface area contributed by atoms with Crippen LogP contribution in [0.25, 0.3) is 0 Å². The van der Waals surface area contributed by atoms with E-state index in [1.807, 2.05) is 0 Å². The molecule has 0 saturated carbocycles. The van der Waals surface area contributed by atoms with Crippen molar-refractivity contribution in [3.05, 3.63) is 23.3 Å². The van der Waals surface area contributed by atoms with E-state index in [1.165, 1.54) is 11.4 Å². The summed E-state index contributed by atoms with van der Waals surface area (Å²) in [6.07, 6.45) is 0. The molecule has 1 aromatic rings. The van der Waals surface area contributed by atoms with Crippen molar-refractivity contribution in [1.82, 2.24) is 0 Å². The molecule has 0 aromatic heterocycles. The quantitative estimate of drug-likeness (QED) is 0.747. The summed E-state index contributed by atoms with van der Waals surface area (Å²) in [4.78, 5) is 5.33. The number of fused-ring (bicyclic) bond motifs is 3. The van der Waals surface area contributed by atoms with Crippen molar-refractivity contribution in [2.24, 2.45) is 0 Å². The number of hydrogen-bond acceptors (Lipinski definition) is 2. The summed E-state index contributed by atoms with van der Waals surface area (Å²) in [5.74, 6) is 1.23. The van der Waals surface area contributed by atoms with E-state index >= 15 is 0 Å². The van der Waals surface area contributed by atoms with Crippen molar-refractivity contribution >= 4 is 11.4 Å². The minimum absolute atomic E-state index is 0.547. The topological polar surface area (TPSA) is 6.48 Å². The Kier molecular flexibility index (Phi) is 3.70. The van der Waals surface area contributed by atoms with Crippen LogP contribution in [0.3, 0.4) is 0 Å². The van der Waals surface area contributed by atoms with Gasteiger partial charge in [-0.3, -0.25) is 0 Å². The van der Waals surface area contributed by atoms with Crippen LogP contribution in [-0.4, -0.2) is 24.2 Å². The zero-order chi connectivity index (χ0) is 16.3. The number of nitrogens with zero attached hydrogens (tertiary/aromatic N) is 2. The third kappa shape index (κ3) is 1.92. The molecule has 2 heterocycles. The maximum absolute atomic E-state index is 2.67. The van der Waals surface area contributed by atoms with Crippen molar-refractivity contribution in [2.75, 3.05) is 9.80 Å². The molecule has 2 aliphatic heterocycles. The first-order chi connectivity index (χ1) is 10.3. The van der Waals surface area contributed by atoms with Gasteiger partial charge in [0.2, 0.25) is 0 Å². The van der Waals surface area contributed by atoms with Gasteiger partial charge < -0.3 is 9.80 Å². The second kappa shape index (κ2) is 5.18. The second-order valence-electron chi connectivity index (χ2n) is 8.00. The standard InChI is InChI=1S/C20H32N2/c1-11(2)21-15(7)13(5)17-9-10-18-14(6)16(8)22(12(3)4)20(18)19(17)21/h9-16H,1-8H3/t13-,14+,15+,16-. The van der Waals surface area contributed by atoms with Gasteiger partial charge in [-0.25, -0.2) is 0 Å². The Morgan fingerprint density at radius 3 is 1.27 bits per heavy atom. The maximum Gasteiger partial charge on any atom is 0.0648 e. The third-order valence-corrected chi connectivity index (χ3v) is 6.15. The summed E-state index contributed by atoms with van der Waals surface area (Å²) in [6, 6.07) is 7.08.